The van der Waals surface area contributed by atoms with E-state index in [1.54, 1.807) is 0 Å². The number of benzene rings is 1. The Labute approximate surface area is 110 Å². The van der Waals surface area contributed by atoms with Crippen molar-refractivity contribution in [2.45, 2.75) is 46.6 Å². The molecule has 2 nitrogen and oxygen atoms in total. The van der Waals surface area contributed by atoms with Crippen LogP contribution in [0.15, 0.2) is 12.1 Å². The molecule has 3 N–H and O–H groups in total. The van der Waals surface area contributed by atoms with Crippen molar-refractivity contribution in [2.75, 3.05) is 11.1 Å². The largest absolute Gasteiger partial charge is 0.398 e. The van der Waals surface area contributed by atoms with Crippen LogP contribution in [0.1, 0.15) is 39.2 Å². The molecule has 0 heterocycles. The Balaban J connectivity index is 2.84. The van der Waals surface area contributed by atoms with E-state index in [1.165, 1.54) is 12.8 Å². The Hall–Kier alpha value is -0.890. The van der Waals surface area contributed by atoms with Gasteiger partial charge in [0.1, 0.15) is 0 Å². The highest BCUT2D eigenvalue weighted by molar-refractivity contribution is 6.33. The van der Waals surface area contributed by atoms with Gasteiger partial charge in [-0.15, -0.1) is 0 Å². The number of halogens is 1. The maximum absolute atomic E-state index is 6.05. The van der Waals surface area contributed by atoms with Gasteiger partial charge in [0.05, 0.1) is 10.7 Å². The first-order chi connectivity index (χ1) is 7.99. The quantitative estimate of drug-likeness (QED) is 0.761. The van der Waals surface area contributed by atoms with Gasteiger partial charge < -0.3 is 11.1 Å². The number of hydrogen-bond donors (Lipinski definition) is 2. The van der Waals surface area contributed by atoms with Gasteiger partial charge in [-0.25, -0.2) is 0 Å². The summed E-state index contributed by atoms with van der Waals surface area (Å²) in [7, 11) is 0. The van der Waals surface area contributed by atoms with Crippen molar-refractivity contribution in [3.05, 3.63) is 22.7 Å². The molecular formula is C14H23ClN2. The van der Waals surface area contributed by atoms with E-state index in [2.05, 4.69) is 33.0 Å². The van der Waals surface area contributed by atoms with Gasteiger partial charge in [-0.3, -0.25) is 0 Å². The van der Waals surface area contributed by atoms with Crippen molar-refractivity contribution in [3.8, 4) is 0 Å². The maximum atomic E-state index is 6.05. The third kappa shape index (κ3) is 3.53. The first-order valence-corrected chi connectivity index (χ1v) is 6.69. The highest BCUT2D eigenvalue weighted by Crippen LogP contribution is 2.28. The molecule has 0 spiro atoms. The van der Waals surface area contributed by atoms with Crippen molar-refractivity contribution < 1.29 is 0 Å². The van der Waals surface area contributed by atoms with Gasteiger partial charge in [0.2, 0.25) is 0 Å². The fraction of sp³-hybridized carbons (Fsp3) is 0.571. The summed E-state index contributed by atoms with van der Waals surface area (Å²) in [5, 5.41) is 4.16. The summed E-state index contributed by atoms with van der Waals surface area (Å²) in [6.07, 6.45) is 2.37. The van der Waals surface area contributed by atoms with Gasteiger partial charge in [-0.1, -0.05) is 38.3 Å². The molecule has 1 rings (SSSR count). The van der Waals surface area contributed by atoms with Crippen LogP contribution in [0.2, 0.25) is 5.02 Å². The molecule has 0 aliphatic carbocycles. The topological polar surface area (TPSA) is 38.0 Å². The van der Waals surface area contributed by atoms with Crippen molar-refractivity contribution in [2.24, 2.45) is 5.92 Å². The minimum Gasteiger partial charge on any atom is -0.398 e. The number of nitrogens with one attached hydrogen (secondary N) is 1. The smallest absolute Gasteiger partial charge is 0.0656 e. The summed E-state index contributed by atoms with van der Waals surface area (Å²) in [4.78, 5) is 0. The molecule has 0 amide bonds. The molecule has 1 unspecified atom stereocenters. The normalized spacial score (nSPS) is 12.8. The van der Waals surface area contributed by atoms with E-state index in [0.717, 1.165) is 11.3 Å². The molecular weight excluding hydrogens is 232 g/mol. The van der Waals surface area contributed by atoms with Gasteiger partial charge in [0, 0.05) is 11.7 Å². The van der Waals surface area contributed by atoms with Gasteiger partial charge in [0.25, 0.3) is 0 Å². The van der Waals surface area contributed by atoms with Crippen LogP contribution in [0, 0.1) is 12.8 Å². The summed E-state index contributed by atoms with van der Waals surface area (Å²) in [6, 6.07) is 4.29. The summed E-state index contributed by atoms with van der Waals surface area (Å²) in [6.45, 7) is 8.74. The van der Waals surface area contributed by atoms with E-state index in [4.69, 9.17) is 17.3 Å². The molecule has 1 aromatic rings. The molecule has 3 heteroatoms. The van der Waals surface area contributed by atoms with Crippen LogP contribution < -0.4 is 11.1 Å². The molecule has 0 bridgehead atoms. The predicted molar refractivity (Wildman–Crippen MR) is 77.8 cm³/mol. The van der Waals surface area contributed by atoms with Gasteiger partial charge in [-0.2, -0.15) is 0 Å². The zero-order chi connectivity index (χ0) is 13.0. The minimum absolute atomic E-state index is 0.448. The molecule has 0 saturated heterocycles. The second-order valence-corrected chi connectivity index (χ2v) is 5.11. The lowest BCUT2D eigenvalue weighted by molar-refractivity contribution is 0.438. The zero-order valence-corrected chi connectivity index (χ0v) is 11.9. The Morgan fingerprint density at radius 1 is 1.29 bits per heavy atom. The lowest BCUT2D eigenvalue weighted by Crippen LogP contribution is -2.25. The first kappa shape index (κ1) is 14.2. The molecule has 0 saturated carbocycles. The Bertz CT molecular complexity index is 373. The number of anilines is 2. The van der Waals surface area contributed by atoms with E-state index in [1.807, 2.05) is 12.1 Å². The molecule has 0 aliphatic heterocycles. The molecule has 1 aromatic carbocycles. The number of aryl methyl sites for hydroxylation is 1. The molecule has 0 radical (unpaired) electrons. The van der Waals surface area contributed by atoms with E-state index in [9.17, 15) is 0 Å². The third-order valence-electron chi connectivity index (χ3n) is 3.48. The van der Waals surface area contributed by atoms with Crippen LogP contribution in [-0.2, 0) is 0 Å². The van der Waals surface area contributed by atoms with Crippen LogP contribution in [0.3, 0.4) is 0 Å². The summed E-state index contributed by atoms with van der Waals surface area (Å²) in [5.74, 6) is 0.686. The second-order valence-electron chi connectivity index (χ2n) is 4.70. The van der Waals surface area contributed by atoms with Crippen LogP contribution in [-0.4, -0.2) is 6.04 Å². The SMILES string of the molecule is CCC(CC)C(C)Nc1cc(Cl)c(N)cc1C. The molecule has 1 atom stereocenters. The van der Waals surface area contributed by atoms with E-state index in [-0.39, 0.29) is 0 Å². The van der Waals surface area contributed by atoms with Crippen LogP contribution in [0.25, 0.3) is 0 Å². The summed E-state index contributed by atoms with van der Waals surface area (Å²) in [5.41, 5.74) is 8.65. The lowest BCUT2D eigenvalue weighted by Gasteiger charge is -2.24. The van der Waals surface area contributed by atoms with E-state index >= 15 is 0 Å². The maximum Gasteiger partial charge on any atom is 0.0656 e. The Kier molecular flexibility index (Phi) is 5.13. The predicted octanol–water partition coefficient (Wildman–Crippen LogP) is 4.47. The third-order valence-corrected chi connectivity index (χ3v) is 3.81. The van der Waals surface area contributed by atoms with Crippen molar-refractivity contribution in [3.63, 3.8) is 0 Å². The van der Waals surface area contributed by atoms with Gasteiger partial charge in [-0.05, 0) is 37.5 Å². The van der Waals surface area contributed by atoms with E-state index < -0.39 is 0 Å². The minimum atomic E-state index is 0.448. The average Bonchev–Trinajstić information content (AvgIpc) is 2.27. The molecule has 17 heavy (non-hydrogen) atoms. The monoisotopic (exact) mass is 254 g/mol. The fourth-order valence-corrected chi connectivity index (χ4v) is 2.38. The van der Waals surface area contributed by atoms with E-state index in [0.29, 0.717) is 22.7 Å². The Morgan fingerprint density at radius 3 is 2.41 bits per heavy atom. The first-order valence-electron chi connectivity index (χ1n) is 6.31. The number of hydrogen-bond acceptors (Lipinski definition) is 2. The van der Waals surface area contributed by atoms with Crippen molar-refractivity contribution >= 4 is 23.0 Å². The second kappa shape index (κ2) is 6.15. The zero-order valence-electron chi connectivity index (χ0n) is 11.2. The standard InChI is InChI=1S/C14H23ClN2/c1-5-11(6-2)10(4)17-14-8-12(15)13(16)7-9(14)3/h7-8,10-11,17H,5-6,16H2,1-4H3. The average molecular weight is 255 g/mol. The lowest BCUT2D eigenvalue weighted by atomic mass is 9.95. The number of rotatable bonds is 5. The van der Waals surface area contributed by atoms with Crippen molar-refractivity contribution in [1.82, 2.24) is 0 Å². The van der Waals surface area contributed by atoms with Crippen molar-refractivity contribution in [1.29, 1.82) is 0 Å². The molecule has 96 valence electrons. The molecule has 0 fully saturated rings. The highest BCUT2D eigenvalue weighted by atomic mass is 35.5. The van der Waals surface area contributed by atoms with Crippen LogP contribution in [0.4, 0.5) is 11.4 Å². The van der Waals surface area contributed by atoms with Crippen LogP contribution in [0.5, 0.6) is 0 Å². The number of nitrogens with two attached hydrogens (primary N) is 1. The fourth-order valence-electron chi connectivity index (χ4n) is 2.22. The van der Waals surface area contributed by atoms with Gasteiger partial charge in [0.15, 0.2) is 0 Å². The number of nitrogen functional groups attached to an aromatic ring is 1. The van der Waals surface area contributed by atoms with Gasteiger partial charge >= 0.3 is 0 Å². The molecule has 0 aliphatic rings. The summed E-state index contributed by atoms with van der Waals surface area (Å²) >= 11 is 6.05. The summed E-state index contributed by atoms with van der Waals surface area (Å²) < 4.78 is 0. The van der Waals surface area contributed by atoms with Crippen LogP contribution >= 0.6 is 11.6 Å². The Morgan fingerprint density at radius 2 is 1.88 bits per heavy atom. The highest BCUT2D eigenvalue weighted by Gasteiger charge is 2.14. The molecule has 0 aromatic heterocycles.